The Hall–Kier alpha value is -3.97. The van der Waals surface area contributed by atoms with Gasteiger partial charge in [-0.1, -0.05) is 6.07 Å². The second kappa shape index (κ2) is 8.81. The molecule has 3 aromatic rings. The van der Waals surface area contributed by atoms with Crippen molar-refractivity contribution in [3.8, 4) is 40.0 Å². The smallest absolute Gasteiger partial charge is 0.233 e. The summed E-state index contributed by atoms with van der Waals surface area (Å²) >= 11 is 0. The van der Waals surface area contributed by atoms with Crippen molar-refractivity contribution in [3.05, 3.63) is 54.4 Å². The van der Waals surface area contributed by atoms with Gasteiger partial charge in [0.1, 0.15) is 11.8 Å². The molecule has 0 aliphatic rings. The molecule has 9 nitrogen and oxygen atoms in total. The van der Waals surface area contributed by atoms with Crippen LogP contribution in [0.1, 0.15) is 5.56 Å². The molecule has 0 bridgehead atoms. The van der Waals surface area contributed by atoms with Crippen molar-refractivity contribution in [1.82, 2.24) is 9.97 Å². The van der Waals surface area contributed by atoms with Gasteiger partial charge in [0, 0.05) is 23.5 Å². The number of aromatic nitrogens is 2. The van der Waals surface area contributed by atoms with Crippen LogP contribution in [0.25, 0.3) is 22.4 Å². The van der Waals surface area contributed by atoms with Crippen LogP contribution in [0.2, 0.25) is 0 Å². The zero-order valence-electron chi connectivity index (χ0n) is 16.7. The first-order chi connectivity index (χ1) is 14.8. The number of rotatable bonds is 7. The van der Waals surface area contributed by atoms with Crippen LogP contribution in [0, 0.1) is 11.3 Å². The fourth-order valence-corrected chi connectivity index (χ4v) is 4.22. The van der Waals surface area contributed by atoms with E-state index < -0.39 is 26.5 Å². The van der Waals surface area contributed by atoms with Crippen molar-refractivity contribution in [1.29, 1.82) is 5.26 Å². The minimum Gasteiger partial charge on any atom is -0.493 e. The van der Waals surface area contributed by atoms with Gasteiger partial charge < -0.3 is 15.2 Å². The number of nitriles is 1. The molecule has 31 heavy (non-hydrogen) atoms. The monoisotopic (exact) mass is 438 g/mol. The topological polar surface area (TPSA) is 145 Å². The summed E-state index contributed by atoms with van der Waals surface area (Å²) in [4.78, 5) is 19.6. The summed E-state index contributed by atoms with van der Waals surface area (Å²) < 4.78 is 36.2. The SMILES string of the molecule is COc1ccc(-c2cc(-c3cccnc3)nc(S(=O)(=O)CC(N)=O)c2C#N)cc1OC. The molecule has 0 unspecified atom stereocenters. The minimum absolute atomic E-state index is 0.207. The van der Waals surface area contributed by atoms with Crippen molar-refractivity contribution in [3.63, 3.8) is 0 Å². The first kappa shape index (κ1) is 21.7. The number of carbonyl (C=O) groups is 1. The van der Waals surface area contributed by atoms with E-state index in [1.807, 2.05) is 6.07 Å². The average Bonchev–Trinajstić information content (AvgIpc) is 2.77. The molecule has 10 heteroatoms. The number of primary amides is 1. The van der Waals surface area contributed by atoms with E-state index in [0.717, 1.165) is 0 Å². The van der Waals surface area contributed by atoms with E-state index in [1.54, 1.807) is 42.6 Å². The molecule has 0 atom stereocenters. The first-order valence-corrected chi connectivity index (χ1v) is 10.5. The third-order valence-corrected chi connectivity index (χ3v) is 5.93. The second-order valence-corrected chi connectivity index (χ2v) is 8.29. The van der Waals surface area contributed by atoms with E-state index in [-0.39, 0.29) is 11.3 Å². The van der Waals surface area contributed by atoms with E-state index in [0.29, 0.717) is 28.2 Å². The van der Waals surface area contributed by atoms with E-state index in [9.17, 15) is 18.5 Å². The van der Waals surface area contributed by atoms with Gasteiger partial charge in [0.25, 0.3) is 0 Å². The number of nitrogens with zero attached hydrogens (tertiary/aromatic N) is 3. The van der Waals surface area contributed by atoms with E-state index >= 15 is 0 Å². The van der Waals surface area contributed by atoms with Crippen LogP contribution in [-0.2, 0) is 14.6 Å². The average molecular weight is 438 g/mol. The lowest BCUT2D eigenvalue weighted by molar-refractivity contribution is -0.115. The molecule has 0 aliphatic carbocycles. The van der Waals surface area contributed by atoms with E-state index in [2.05, 4.69) is 9.97 Å². The van der Waals surface area contributed by atoms with Crippen molar-refractivity contribution in [2.24, 2.45) is 5.73 Å². The molecule has 0 saturated heterocycles. The fraction of sp³-hybridized carbons (Fsp3) is 0.143. The number of methoxy groups -OCH3 is 2. The lowest BCUT2D eigenvalue weighted by Crippen LogP contribution is -2.24. The van der Waals surface area contributed by atoms with Crippen molar-refractivity contribution < 1.29 is 22.7 Å². The van der Waals surface area contributed by atoms with Crippen LogP contribution in [0.4, 0.5) is 0 Å². The molecule has 0 saturated carbocycles. The maximum atomic E-state index is 12.8. The summed E-state index contributed by atoms with van der Waals surface area (Å²) in [6, 6.07) is 11.8. The summed E-state index contributed by atoms with van der Waals surface area (Å²) in [5.41, 5.74) is 6.48. The number of benzene rings is 1. The normalized spacial score (nSPS) is 10.9. The van der Waals surface area contributed by atoms with E-state index in [4.69, 9.17) is 15.2 Å². The third-order valence-electron chi connectivity index (χ3n) is 4.38. The van der Waals surface area contributed by atoms with Gasteiger partial charge in [-0.25, -0.2) is 13.4 Å². The zero-order chi connectivity index (χ0) is 22.6. The predicted molar refractivity (Wildman–Crippen MR) is 112 cm³/mol. The third kappa shape index (κ3) is 4.46. The molecule has 1 amide bonds. The van der Waals surface area contributed by atoms with Gasteiger partial charge in [0.2, 0.25) is 15.7 Å². The molecule has 3 rings (SSSR count). The number of pyridine rings is 2. The molecular formula is C21H18N4O5S. The Balaban J connectivity index is 2.36. The van der Waals surface area contributed by atoms with Crippen LogP contribution < -0.4 is 15.2 Å². The quantitative estimate of drug-likeness (QED) is 0.589. The Morgan fingerprint density at radius 3 is 2.45 bits per heavy atom. The summed E-state index contributed by atoms with van der Waals surface area (Å²) in [6.45, 7) is 0. The maximum absolute atomic E-state index is 12.8. The number of amides is 1. The molecule has 2 aromatic heterocycles. The number of nitrogens with two attached hydrogens (primary N) is 1. The Bertz CT molecular complexity index is 1290. The van der Waals surface area contributed by atoms with Gasteiger partial charge in [-0.2, -0.15) is 5.26 Å². The number of sulfone groups is 1. The largest absolute Gasteiger partial charge is 0.493 e. The molecule has 1 aromatic carbocycles. The van der Waals surface area contributed by atoms with Crippen molar-refractivity contribution in [2.45, 2.75) is 5.03 Å². The van der Waals surface area contributed by atoms with Crippen molar-refractivity contribution >= 4 is 15.7 Å². The Morgan fingerprint density at radius 2 is 1.87 bits per heavy atom. The van der Waals surface area contributed by atoms with Crippen LogP contribution in [0.15, 0.2) is 53.8 Å². The standard InChI is InChI=1S/C21H18N4O5S/c1-29-18-6-5-13(8-19(18)30-2)15-9-17(14-4-3-7-24-11-14)25-21(16(15)10-22)31(27,28)12-20(23)26/h3-9,11H,12H2,1-2H3,(H2,23,26). The summed E-state index contributed by atoms with van der Waals surface area (Å²) in [6.07, 6.45) is 3.07. The lowest BCUT2D eigenvalue weighted by Gasteiger charge is -2.14. The van der Waals surface area contributed by atoms with Gasteiger partial charge in [-0.15, -0.1) is 0 Å². The number of hydrogen-bond acceptors (Lipinski definition) is 8. The highest BCUT2D eigenvalue weighted by Gasteiger charge is 2.27. The molecule has 0 radical (unpaired) electrons. The summed E-state index contributed by atoms with van der Waals surface area (Å²) in [5.74, 6) is -1.17. The summed E-state index contributed by atoms with van der Waals surface area (Å²) in [5, 5.41) is 9.28. The lowest BCUT2D eigenvalue weighted by atomic mass is 9.99. The van der Waals surface area contributed by atoms with Crippen LogP contribution in [-0.4, -0.2) is 44.3 Å². The molecule has 2 N–H and O–H groups in total. The Labute approximate surface area is 179 Å². The highest BCUT2D eigenvalue weighted by molar-refractivity contribution is 7.92. The van der Waals surface area contributed by atoms with E-state index in [1.165, 1.54) is 20.4 Å². The fourth-order valence-electron chi connectivity index (χ4n) is 3.00. The maximum Gasteiger partial charge on any atom is 0.233 e. The molecule has 0 aliphatic heterocycles. The molecule has 0 spiro atoms. The minimum atomic E-state index is -4.28. The van der Waals surface area contributed by atoms with Crippen LogP contribution >= 0.6 is 0 Å². The van der Waals surface area contributed by atoms with Gasteiger partial charge in [0.15, 0.2) is 16.5 Å². The van der Waals surface area contributed by atoms with Crippen molar-refractivity contribution in [2.75, 3.05) is 20.0 Å². The molecule has 2 heterocycles. The van der Waals surface area contributed by atoms with Gasteiger partial charge in [-0.05, 0) is 35.9 Å². The molecule has 158 valence electrons. The number of hydrogen-bond donors (Lipinski definition) is 1. The van der Waals surface area contributed by atoms with Gasteiger partial charge in [0.05, 0.1) is 25.5 Å². The summed E-state index contributed by atoms with van der Waals surface area (Å²) in [7, 11) is -1.33. The first-order valence-electron chi connectivity index (χ1n) is 8.89. The van der Waals surface area contributed by atoms with Gasteiger partial charge in [-0.3, -0.25) is 9.78 Å². The van der Waals surface area contributed by atoms with Gasteiger partial charge >= 0.3 is 0 Å². The highest BCUT2D eigenvalue weighted by atomic mass is 32.2. The van der Waals surface area contributed by atoms with Crippen LogP contribution in [0.3, 0.4) is 0 Å². The number of carbonyl (C=O) groups excluding carboxylic acids is 1. The second-order valence-electron chi connectivity index (χ2n) is 6.38. The zero-order valence-corrected chi connectivity index (χ0v) is 17.5. The Kier molecular flexibility index (Phi) is 6.17. The molecular weight excluding hydrogens is 420 g/mol. The molecule has 0 fully saturated rings. The highest BCUT2D eigenvalue weighted by Crippen LogP contribution is 2.36. The predicted octanol–water partition coefficient (Wildman–Crippen LogP) is 1.96. The number of ether oxygens (including phenoxy) is 2. The Morgan fingerprint density at radius 1 is 1.13 bits per heavy atom. The van der Waals surface area contributed by atoms with Crippen LogP contribution in [0.5, 0.6) is 11.5 Å².